The number of nitro groups is 2. The van der Waals surface area contributed by atoms with Gasteiger partial charge in [0.2, 0.25) is 5.75 Å². The second kappa shape index (κ2) is 10.8. The summed E-state index contributed by atoms with van der Waals surface area (Å²) in [6.07, 6.45) is 1.16. The number of carbonyl (C=O) groups excluding carboxylic acids is 1. The molecule has 0 radical (unpaired) electrons. The van der Waals surface area contributed by atoms with Gasteiger partial charge in [0, 0.05) is 29.3 Å². The predicted octanol–water partition coefficient (Wildman–Crippen LogP) is 4.98. The molecular weight excluding hydrogens is 518 g/mol. The van der Waals surface area contributed by atoms with Crippen LogP contribution in [0.2, 0.25) is 0 Å². The SMILES string of the molecule is O=C(Oc1c(C=Nn2c(-c3ccccc3)nc3ccccc3c2=O)cccc1[N+](=O)[O-])c1ccc([N+](=O)[O-])cc1. The van der Waals surface area contributed by atoms with Crippen LogP contribution in [0.5, 0.6) is 5.75 Å². The summed E-state index contributed by atoms with van der Waals surface area (Å²) >= 11 is 0. The number of esters is 1. The second-order valence-electron chi connectivity index (χ2n) is 8.33. The van der Waals surface area contributed by atoms with E-state index < -0.39 is 32.8 Å². The highest BCUT2D eigenvalue weighted by molar-refractivity contribution is 5.94. The number of fused-ring (bicyclic) bond motifs is 1. The van der Waals surface area contributed by atoms with Crippen molar-refractivity contribution >= 4 is 34.5 Å². The van der Waals surface area contributed by atoms with Gasteiger partial charge in [0.05, 0.1) is 32.5 Å². The number of hydrogen-bond donors (Lipinski definition) is 0. The molecule has 0 fully saturated rings. The molecule has 1 aromatic heterocycles. The average molecular weight is 535 g/mol. The predicted molar refractivity (Wildman–Crippen MR) is 146 cm³/mol. The molecule has 0 spiro atoms. The summed E-state index contributed by atoms with van der Waals surface area (Å²) in [7, 11) is 0. The third-order valence-corrected chi connectivity index (χ3v) is 5.83. The molecule has 0 amide bonds. The summed E-state index contributed by atoms with van der Waals surface area (Å²) < 4.78 is 6.45. The van der Waals surface area contributed by atoms with Gasteiger partial charge < -0.3 is 4.74 Å². The lowest BCUT2D eigenvalue weighted by Crippen LogP contribution is -2.20. The van der Waals surface area contributed by atoms with Crippen molar-refractivity contribution in [3.63, 3.8) is 0 Å². The highest BCUT2D eigenvalue weighted by Gasteiger charge is 2.23. The van der Waals surface area contributed by atoms with Crippen molar-refractivity contribution in [2.75, 3.05) is 0 Å². The van der Waals surface area contributed by atoms with Gasteiger partial charge in [-0.05, 0) is 30.3 Å². The van der Waals surface area contributed by atoms with Gasteiger partial charge in [0.1, 0.15) is 0 Å². The van der Waals surface area contributed by atoms with Crippen LogP contribution in [0.25, 0.3) is 22.3 Å². The lowest BCUT2D eigenvalue weighted by atomic mass is 10.1. The number of benzene rings is 4. The van der Waals surface area contributed by atoms with Crippen molar-refractivity contribution in [3.05, 3.63) is 139 Å². The molecule has 0 aliphatic carbocycles. The van der Waals surface area contributed by atoms with Crippen molar-refractivity contribution in [2.24, 2.45) is 5.10 Å². The van der Waals surface area contributed by atoms with E-state index in [1.165, 1.54) is 24.3 Å². The number of ether oxygens (including phenoxy) is 1. The van der Waals surface area contributed by atoms with E-state index in [2.05, 4.69) is 10.1 Å². The molecule has 196 valence electrons. The van der Waals surface area contributed by atoms with Crippen molar-refractivity contribution in [1.82, 2.24) is 9.66 Å². The van der Waals surface area contributed by atoms with E-state index in [-0.39, 0.29) is 22.6 Å². The van der Waals surface area contributed by atoms with E-state index in [9.17, 15) is 29.8 Å². The molecule has 0 bridgehead atoms. The van der Waals surface area contributed by atoms with Gasteiger partial charge in [-0.1, -0.05) is 48.5 Å². The number of non-ortho nitro benzene ring substituents is 1. The van der Waals surface area contributed by atoms with Crippen molar-refractivity contribution in [1.29, 1.82) is 0 Å². The van der Waals surface area contributed by atoms with Gasteiger partial charge in [0.15, 0.2) is 5.82 Å². The molecule has 0 aliphatic heterocycles. The van der Waals surface area contributed by atoms with E-state index in [0.717, 1.165) is 29.1 Å². The molecule has 0 N–H and O–H groups in total. The van der Waals surface area contributed by atoms with Crippen LogP contribution >= 0.6 is 0 Å². The number of rotatable bonds is 7. The van der Waals surface area contributed by atoms with Gasteiger partial charge in [-0.2, -0.15) is 9.78 Å². The summed E-state index contributed by atoms with van der Waals surface area (Å²) in [6.45, 7) is 0. The largest absolute Gasteiger partial charge is 0.415 e. The van der Waals surface area contributed by atoms with Crippen LogP contribution in [0.4, 0.5) is 11.4 Å². The Morgan fingerprint density at radius 2 is 1.55 bits per heavy atom. The number of nitro benzene ring substituents is 2. The summed E-state index contributed by atoms with van der Waals surface area (Å²) in [5, 5.41) is 27.3. The zero-order chi connectivity index (χ0) is 28.2. The molecule has 4 aromatic carbocycles. The average Bonchev–Trinajstić information content (AvgIpc) is 2.97. The fraction of sp³-hybridized carbons (Fsp3) is 0. The van der Waals surface area contributed by atoms with E-state index in [4.69, 9.17) is 4.74 Å². The summed E-state index contributed by atoms with van der Waals surface area (Å²) in [6, 6.07) is 24.2. The smallest absolute Gasteiger partial charge is 0.343 e. The molecule has 5 aromatic rings. The fourth-order valence-electron chi connectivity index (χ4n) is 3.89. The normalized spacial score (nSPS) is 11.0. The third-order valence-electron chi connectivity index (χ3n) is 5.83. The van der Waals surface area contributed by atoms with Crippen molar-refractivity contribution in [2.45, 2.75) is 0 Å². The van der Waals surface area contributed by atoms with Crippen LogP contribution in [0, 0.1) is 20.2 Å². The number of hydrogen-bond acceptors (Lipinski definition) is 9. The molecule has 0 atom stereocenters. The minimum Gasteiger partial charge on any atom is -0.415 e. The topological polar surface area (TPSA) is 160 Å². The van der Waals surface area contributed by atoms with Crippen LogP contribution in [-0.4, -0.2) is 31.7 Å². The summed E-state index contributed by atoms with van der Waals surface area (Å²) in [4.78, 5) is 52.1. The molecule has 40 heavy (non-hydrogen) atoms. The highest BCUT2D eigenvalue weighted by atomic mass is 16.6. The van der Waals surface area contributed by atoms with Gasteiger partial charge in [-0.3, -0.25) is 25.0 Å². The zero-order valence-corrected chi connectivity index (χ0v) is 20.4. The number of carbonyl (C=O) groups is 1. The van der Waals surface area contributed by atoms with Crippen molar-refractivity contribution in [3.8, 4) is 17.1 Å². The van der Waals surface area contributed by atoms with Crippen LogP contribution < -0.4 is 10.3 Å². The van der Waals surface area contributed by atoms with Crippen molar-refractivity contribution < 1.29 is 19.4 Å². The fourth-order valence-corrected chi connectivity index (χ4v) is 3.89. The quantitative estimate of drug-likeness (QED) is 0.0927. The molecule has 12 nitrogen and oxygen atoms in total. The molecule has 12 heteroatoms. The maximum absolute atomic E-state index is 13.4. The standard InChI is InChI=1S/C28H17N5O7/c34-27-22-10-4-5-11-23(22)30-26(18-7-2-1-3-8-18)31(27)29-17-20-9-6-12-24(33(38)39)25(20)40-28(35)19-13-15-21(16-14-19)32(36)37/h1-17H. The molecule has 0 aliphatic rings. The van der Waals surface area contributed by atoms with E-state index in [0.29, 0.717) is 16.5 Å². The van der Waals surface area contributed by atoms with Crippen LogP contribution in [0.3, 0.4) is 0 Å². The second-order valence-corrected chi connectivity index (χ2v) is 8.33. The van der Waals surface area contributed by atoms with Gasteiger partial charge in [0.25, 0.3) is 11.2 Å². The first-order valence-corrected chi connectivity index (χ1v) is 11.7. The van der Waals surface area contributed by atoms with Crippen LogP contribution in [-0.2, 0) is 0 Å². The highest BCUT2D eigenvalue weighted by Crippen LogP contribution is 2.31. The maximum atomic E-state index is 13.4. The first-order valence-electron chi connectivity index (χ1n) is 11.7. The summed E-state index contributed by atoms with van der Waals surface area (Å²) in [5.74, 6) is -1.16. The molecule has 5 rings (SSSR count). The molecular formula is C28H17N5O7. The maximum Gasteiger partial charge on any atom is 0.343 e. The van der Waals surface area contributed by atoms with E-state index in [1.807, 2.05) is 6.07 Å². The first-order chi connectivity index (χ1) is 19.3. The minimum absolute atomic E-state index is 0.0310. The lowest BCUT2D eigenvalue weighted by molar-refractivity contribution is -0.385. The van der Waals surface area contributed by atoms with Crippen LogP contribution in [0.15, 0.2) is 107 Å². The Kier molecular flexibility index (Phi) is 6.88. The first kappa shape index (κ1) is 25.6. The minimum atomic E-state index is -0.978. The van der Waals surface area contributed by atoms with E-state index >= 15 is 0 Å². The Morgan fingerprint density at radius 1 is 0.850 bits per heavy atom. The lowest BCUT2D eigenvalue weighted by Gasteiger charge is -2.10. The number of nitrogens with zero attached hydrogens (tertiary/aromatic N) is 5. The van der Waals surface area contributed by atoms with Gasteiger partial charge in [-0.15, -0.1) is 0 Å². The number of para-hydroxylation sites is 2. The Bertz CT molecular complexity index is 1870. The molecule has 0 unspecified atom stereocenters. The molecule has 0 saturated heterocycles. The Labute approximate surface area is 224 Å². The molecule has 0 saturated carbocycles. The summed E-state index contributed by atoms with van der Waals surface area (Å²) in [5.41, 5.74) is -0.200. The Hall–Kier alpha value is -6.04. The Morgan fingerprint density at radius 3 is 2.25 bits per heavy atom. The zero-order valence-electron chi connectivity index (χ0n) is 20.4. The Balaban J connectivity index is 1.60. The molecule has 1 heterocycles. The van der Waals surface area contributed by atoms with Gasteiger partial charge >= 0.3 is 11.7 Å². The van der Waals surface area contributed by atoms with Crippen LogP contribution in [0.1, 0.15) is 15.9 Å². The number of aromatic nitrogens is 2. The monoisotopic (exact) mass is 535 g/mol. The third kappa shape index (κ3) is 5.04. The van der Waals surface area contributed by atoms with E-state index in [1.54, 1.807) is 48.5 Å². The van der Waals surface area contributed by atoms with Gasteiger partial charge in [-0.25, -0.2) is 9.78 Å².